The second-order valence-electron chi connectivity index (χ2n) is 3.35. The van der Waals surface area contributed by atoms with Crippen LogP contribution in [0.3, 0.4) is 0 Å². The normalized spacial score (nSPS) is 14.2. The molecule has 0 saturated heterocycles. The number of halogens is 4. The Balaban J connectivity index is 2.68. The topological polar surface area (TPSA) is 17.8 Å². The van der Waals surface area contributed by atoms with Crippen LogP contribution >= 0.6 is 15.9 Å². The molecule has 1 aromatic heterocycles. The second-order valence-corrected chi connectivity index (χ2v) is 4.00. The van der Waals surface area contributed by atoms with Crippen LogP contribution in [0.1, 0.15) is 19.0 Å². The Bertz CT molecular complexity index is 305. The van der Waals surface area contributed by atoms with Gasteiger partial charge in [0.05, 0.1) is 0 Å². The van der Waals surface area contributed by atoms with Crippen LogP contribution < -0.4 is 0 Å². The van der Waals surface area contributed by atoms with Gasteiger partial charge in [-0.3, -0.25) is 4.68 Å². The molecule has 1 atom stereocenters. The van der Waals surface area contributed by atoms with E-state index < -0.39 is 11.9 Å². The minimum atomic E-state index is -4.35. The molecule has 0 radical (unpaired) electrons. The van der Waals surface area contributed by atoms with Crippen molar-refractivity contribution in [2.24, 2.45) is 5.92 Å². The summed E-state index contributed by atoms with van der Waals surface area (Å²) in [5.74, 6) is 0.311. The van der Waals surface area contributed by atoms with Gasteiger partial charge in [0.25, 0.3) is 0 Å². The minimum Gasteiger partial charge on any atom is -0.272 e. The molecule has 0 fully saturated rings. The van der Waals surface area contributed by atoms with Crippen LogP contribution in [0.2, 0.25) is 0 Å². The molecule has 0 N–H and O–H groups in total. The highest BCUT2D eigenvalue weighted by molar-refractivity contribution is 9.09. The molecule has 1 aromatic rings. The number of alkyl halides is 4. The highest BCUT2D eigenvalue weighted by atomic mass is 79.9. The number of nitrogens with zero attached hydrogens (tertiary/aromatic N) is 2. The SMILES string of the molecule is CCC(CBr)Cn1ccc(C(F)(F)F)n1. The first kappa shape index (κ1) is 12.5. The fraction of sp³-hybridized carbons (Fsp3) is 0.667. The summed E-state index contributed by atoms with van der Waals surface area (Å²) in [5, 5.41) is 4.26. The van der Waals surface area contributed by atoms with E-state index in [0.29, 0.717) is 12.5 Å². The molecule has 0 aliphatic rings. The predicted octanol–water partition coefficient (Wildman–Crippen LogP) is 3.32. The van der Waals surface area contributed by atoms with Gasteiger partial charge < -0.3 is 0 Å². The van der Waals surface area contributed by atoms with Crippen LogP contribution in [-0.4, -0.2) is 15.1 Å². The molecule has 2 nitrogen and oxygen atoms in total. The summed E-state index contributed by atoms with van der Waals surface area (Å²) < 4.78 is 38.0. The zero-order chi connectivity index (χ0) is 11.5. The van der Waals surface area contributed by atoms with Crippen molar-refractivity contribution in [2.75, 3.05) is 5.33 Å². The first-order valence-corrected chi connectivity index (χ1v) is 5.76. The maximum Gasteiger partial charge on any atom is 0.435 e. The molecule has 0 bridgehead atoms. The summed E-state index contributed by atoms with van der Waals surface area (Å²) in [6, 6.07) is 1.00. The van der Waals surface area contributed by atoms with Gasteiger partial charge in [0.2, 0.25) is 0 Å². The maximum absolute atomic E-state index is 12.2. The van der Waals surface area contributed by atoms with E-state index in [2.05, 4.69) is 21.0 Å². The van der Waals surface area contributed by atoms with E-state index in [1.54, 1.807) is 0 Å². The fourth-order valence-corrected chi connectivity index (χ4v) is 1.83. The third-order valence-electron chi connectivity index (χ3n) is 2.17. The summed E-state index contributed by atoms with van der Waals surface area (Å²) >= 11 is 3.32. The number of aromatic nitrogens is 2. The Morgan fingerprint density at radius 1 is 1.53 bits per heavy atom. The minimum absolute atomic E-state index is 0.311. The summed E-state index contributed by atoms with van der Waals surface area (Å²) in [6.07, 6.45) is -2.07. The Morgan fingerprint density at radius 2 is 2.20 bits per heavy atom. The lowest BCUT2D eigenvalue weighted by Gasteiger charge is -2.10. The van der Waals surface area contributed by atoms with Crippen molar-refractivity contribution in [3.05, 3.63) is 18.0 Å². The lowest BCUT2D eigenvalue weighted by molar-refractivity contribution is -0.141. The van der Waals surface area contributed by atoms with Crippen LogP contribution in [0.15, 0.2) is 12.3 Å². The molecule has 0 spiro atoms. The molecule has 1 heterocycles. The molecule has 0 aromatic carbocycles. The molecular weight excluding hydrogens is 273 g/mol. The molecule has 6 heteroatoms. The van der Waals surface area contributed by atoms with Gasteiger partial charge >= 0.3 is 6.18 Å². The van der Waals surface area contributed by atoms with E-state index in [9.17, 15) is 13.2 Å². The summed E-state index contributed by atoms with van der Waals surface area (Å²) in [5.41, 5.74) is -0.827. The predicted molar refractivity (Wildman–Crippen MR) is 54.8 cm³/mol. The highest BCUT2D eigenvalue weighted by Gasteiger charge is 2.33. The molecule has 1 rings (SSSR count). The van der Waals surface area contributed by atoms with Gasteiger partial charge in [-0.25, -0.2) is 0 Å². The number of rotatable bonds is 4. The van der Waals surface area contributed by atoms with Crippen molar-refractivity contribution >= 4 is 15.9 Å². The van der Waals surface area contributed by atoms with Gasteiger partial charge in [-0.05, 0) is 12.0 Å². The van der Waals surface area contributed by atoms with Crippen LogP contribution in [0.4, 0.5) is 13.2 Å². The quantitative estimate of drug-likeness (QED) is 0.776. The Kier molecular flexibility index (Phi) is 4.19. The first-order chi connectivity index (χ1) is 6.97. The van der Waals surface area contributed by atoms with Crippen LogP contribution in [-0.2, 0) is 12.7 Å². The van der Waals surface area contributed by atoms with Gasteiger partial charge in [0, 0.05) is 18.1 Å². The standard InChI is InChI=1S/C9H12BrF3N2/c1-2-7(5-10)6-15-4-3-8(14-15)9(11,12)13/h3-4,7H,2,5-6H2,1H3. The van der Waals surface area contributed by atoms with Gasteiger partial charge in [-0.15, -0.1) is 0 Å². The third kappa shape index (κ3) is 3.52. The van der Waals surface area contributed by atoms with E-state index in [1.165, 1.54) is 10.9 Å². The molecule has 0 aliphatic heterocycles. The third-order valence-corrected chi connectivity index (χ3v) is 3.09. The largest absolute Gasteiger partial charge is 0.435 e. The number of hydrogen-bond donors (Lipinski definition) is 0. The maximum atomic E-state index is 12.2. The van der Waals surface area contributed by atoms with Gasteiger partial charge in [-0.1, -0.05) is 29.3 Å². The van der Waals surface area contributed by atoms with Crippen LogP contribution in [0, 0.1) is 5.92 Å². The molecule has 86 valence electrons. The highest BCUT2D eigenvalue weighted by Crippen LogP contribution is 2.27. The Hall–Kier alpha value is -0.520. The molecule has 15 heavy (non-hydrogen) atoms. The average Bonchev–Trinajstić information content (AvgIpc) is 2.61. The molecule has 1 unspecified atom stereocenters. The van der Waals surface area contributed by atoms with Crippen molar-refractivity contribution in [3.8, 4) is 0 Å². The van der Waals surface area contributed by atoms with E-state index in [0.717, 1.165) is 17.8 Å². The summed E-state index contributed by atoms with van der Waals surface area (Å²) in [4.78, 5) is 0. The summed E-state index contributed by atoms with van der Waals surface area (Å²) in [6.45, 7) is 2.51. The lowest BCUT2D eigenvalue weighted by Crippen LogP contribution is -2.13. The van der Waals surface area contributed by atoms with E-state index in [4.69, 9.17) is 0 Å². The van der Waals surface area contributed by atoms with E-state index in [1.807, 2.05) is 6.92 Å². The van der Waals surface area contributed by atoms with Crippen molar-refractivity contribution < 1.29 is 13.2 Å². The van der Waals surface area contributed by atoms with Crippen LogP contribution in [0.25, 0.3) is 0 Å². The van der Waals surface area contributed by atoms with Gasteiger partial charge in [0.15, 0.2) is 5.69 Å². The zero-order valence-corrected chi connectivity index (χ0v) is 9.85. The summed E-state index contributed by atoms with van der Waals surface area (Å²) in [7, 11) is 0. The smallest absolute Gasteiger partial charge is 0.272 e. The molecule has 0 amide bonds. The first-order valence-electron chi connectivity index (χ1n) is 4.64. The van der Waals surface area contributed by atoms with Crippen molar-refractivity contribution in [1.82, 2.24) is 9.78 Å². The van der Waals surface area contributed by atoms with Crippen molar-refractivity contribution in [3.63, 3.8) is 0 Å². The Labute approximate surface area is 94.6 Å². The fourth-order valence-electron chi connectivity index (χ4n) is 1.17. The van der Waals surface area contributed by atoms with Gasteiger partial charge in [-0.2, -0.15) is 18.3 Å². The van der Waals surface area contributed by atoms with E-state index in [-0.39, 0.29) is 0 Å². The average molecular weight is 285 g/mol. The lowest BCUT2D eigenvalue weighted by atomic mass is 10.1. The van der Waals surface area contributed by atoms with Crippen molar-refractivity contribution in [2.45, 2.75) is 26.1 Å². The molecule has 0 aliphatic carbocycles. The molecule has 0 saturated carbocycles. The second kappa shape index (κ2) is 5.01. The monoisotopic (exact) mass is 284 g/mol. The Morgan fingerprint density at radius 3 is 2.60 bits per heavy atom. The van der Waals surface area contributed by atoms with Gasteiger partial charge in [0.1, 0.15) is 0 Å². The van der Waals surface area contributed by atoms with E-state index >= 15 is 0 Å². The zero-order valence-electron chi connectivity index (χ0n) is 8.26. The van der Waals surface area contributed by atoms with Crippen molar-refractivity contribution in [1.29, 1.82) is 0 Å². The number of hydrogen-bond acceptors (Lipinski definition) is 1. The molecular formula is C9H12BrF3N2. The van der Waals surface area contributed by atoms with Crippen LogP contribution in [0.5, 0.6) is 0 Å².